The van der Waals surface area contributed by atoms with E-state index in [9.17, 15) is 13.0 Å². The van der Waals surface area contributed by atoms with Gasteiger partial charge in [0.1, 0.15) is 5.75 Å². The van der Waals surface area contributed by atoms with Crippen molar-refractivity contribution in [3.63, 3.8) is 0 Å². The molecule has 1 aromatic rings. The van der Waals surface area contributed by atoms with Gasteiger partial charge >= 0.3 is 29.6 Å². The number of benzene rings is 1. The van der Waals surface area contributed by atoms with E-state index < -0.39 is 10.4 Å². The van der Waals surface area contributed by atoms with Gasteiger partial charge in [0, 0.05) is 0 Å². The fourth-order valence-corrected chi connectivity index (χ4v) is 2.04. The third kappa shape index (κ3) is 5.40. The predicted octanol–water partition coefficient (Wildman–Crippen LogP) is -0.955. The van der Waals surface area contributed by atoms with Gasteiger partial charge in [-0.05, 0) is 30.0 Å². The molecule has 0 spiro atoms. The Morgan fingerprint density at radius 3 is 2.41 bits per heavy atom. The Labute approximate surface area is 125 Å². The Kier molecular flexibility index (Phi) is 7.35. The van der Waals surface area contributed by atoms with E-state index in [4.69, 9.17) is 0 Å². The summed E-state index contributed by atoms with van der Waals surface area (Å²) in [6.07, 6.45) is 2.35. The molecular formula is C11H15NaO4S. The summed E-state index contributed by atoms with van der Waals surface area (Å²) < 4.78 is 36.2. The van der Waals surface area contributed by atoms with Crippen molar-refractivity contribution in [2.75, 3.05) is 0 Å². The first-order valence-electron chi connectivity index (χ1n) is 5.24. The molecule has 0 atom stereocenters. The molecule has 4 nitrogen and oxygen atoms in total. The zero-order chi connectivity index (χ0) is 12.2. The van der Waals surface area contributed by atoms with Gasteiger partial charge in [-0.1, -0.05) is 32.4 Å². The van der Waals surface area contributed by atoms with Crippen molar-refractivity contribution in [2.45, 2.75) is 33.1 Å². The van der Waals surface area contributed by atoms with Crippen LogP contribution in [0.4, 0.5) is 0 Å². The maximum Gasteiger partial charge on any atom is 1.00 e. The Morgan fingerprint density at radius 2 is 1.94 bits per heavy atom. The zero-order valence-electron chi connectivity index (χ0n) is 10.4. The van der Waals surface area contributed by atoms with Gasteiger partial charge in [0.15, 0.2) is 0 Å². The maximum atomic E-state index is 10.6. The molecular weight excluding hydrogens is 251 g/mol. The van der Waals surface area contributed by atoms with E-state index in [1.54, 1.807) is 6.07 Å². The minimum Gasteiger partial charge on any atom is -0.716 e. The minimum absolute atomic E-state index is 0. The van der Waals surface area contributed by atoms with Gasteiger partial charge in [0.2, 0.25) is 0 Å². The van der Waals surface area contributed by atoms with E-state index in [0.717, 1.165) is 24.0 Å². The molecule has 1 aromatic carbocycles. The van der Waals surface area contributed by atoms with Crippen LogP contribution >= 0.6 is 0 Å². The molecule has 0 aliphatic carbocycles. The van der Waals surface area contributed by atoms with Gasteiger partial charge in [-0.15, -0.1) is 0 Å². The second-order valence-corrected chi connectivity index (χ2v) is 4.47. The predicted molar refractivity (Wildman–Crippen MR) is 60.1 cm³/mol. The van der Waals surface area contributed by atoms with Crippen molar-refractivity contribution in [1.29, 1.82) is 0 Å². The molecule has 0 unspecified atom stereocenters. The van der Waals surface area contributed by atoms with E-state index in [2.05, 4.69) is 4.18 Å². The van der Waals surface area contributed by atoms with Crippen LogP contribution in [0.3, 0.4) is 0 Å². The molecule has 0 saturated heterocycles. The second kappa shape index (κ2) is 7.38. The van der Waals surface area contributed by atoms with Crippen LogP contribution in [0.1, 0.15) is 31.4 Å². The first kappa shape index (κ1) is 16.9. The number of hydrogen-bond donors (Lipinski definition) is 0. The van der Waals surface area contributed by atoms with Crippen molar-refractivity contribution < 1.29 is 46.7 Å². The van der Waals surface area contributed by atoms with Crippen LogP contribution in [0.25, 0.3) is 0 Å². The second-order valence-electron chi connectivity index (χ2n) is 3.49. The molecule has 0 aliphatic rings. The van der Waals surface area contributed by atoms with Crippen LogP contribution in [0.15, 0.2) is 18.2 Å². The fourth-order valence-electron chi connectivity index (χ4n) is 1.66. The topological polar surface area (TPSA) is 66.4 Å². The van der Waals surface area contributed by atoms with Crippen LogP contribution in [0, 0.1) is 0 Å². The molecule has 0 N–H and O–H groups in total. The van der Waals surface area contributed by atoms with Crippen LogP contribution in [0.5, 0.6) is 5.75 Å². The number of aryl methyl sites for hydroxylation is 1. The molecule has 0 amide bonds. The number of rotatable bonds is 5. The summed E-state index contributed by atoms with van der Waals surface area (Å²) in [5.41, 5.74) is 1.83. The first-order valence-corrected chi connectivity index (χ1v) is 6.57. The zero-order valence-corrected chi connectivity index (χ0v) is 13.2. The molecule has 0 heterocycles. The molecule has 17 heavy (non-hydrogen) atoms. The first-order chi connectivity index (χ1) is 7.48. The van der Waals surface area contributed by atoms with E-state index in [-0.39, 0.29) is 35.3 Å². The van der Waals surface area contributed by atoms with Gasteiger partial charge in [0.05, 0.1) is 0 Å². The summed E-state index contributed by atoms with van der Waals surface area (Å²) in [5, 5.41) is 0. The van der Waals surface area contributed by atoms with Gasteiger partial charge in [0.25, 0.3) is 10.4 Å². The van der Waals surface area contributed by atoms with E-state index >= 15 is 0 Å². The fraction of sp³-hybridized carbons (Fsp3) is 0.455. The normalized spacial score (nSPS) is 10.8. The van der Waals surface area contributed by atoms with E-state index in [0.29, 0.717) is 6.42 Å². The Balaban J connectivity index is 0.00000256. The molecule has 0 radical (unpaired) electrons. The third-order valence-corrected chi connectivity index (χ3v) is 2.69. The van der Waals surface area contributed by atoms with Gasteiger partial charge in [-0.2, -0.15) is 0 Å². The molecule has 0 aromatic heterocycles. The monoisotopic (exact) mass is 266 g/mol. The standard InChI is InChI=1S/C11H16O4S.Na/c1-3-6-10-9(4-2)7-5-8-11(10)15-16(12,13)14;/h5,7-8H,3-4,6H2,1-2H3,(H,12,13,14);/q;+1/p-1. The van der Waals surface area contributed by atoms with Crippen molar-refractivity contribution in [2.24, 2.45) is 0 Å². The smallest absolute Gasteiger partial charge is 0.716 e. The largest absolute Gasteiger partial charge is 1.00 e. The van der Waals surface area contributed by atoms with E-state index in [1.165, 1.54) is 6.07 Å². The summed E-state index contributed by atoms with van der Waals surface area (Å²) in [4.78, 5) is 0. The summed E-state index contributed by atoms with van der Waals surface area (Å²) in [6.45, 7) is 3.96. The average molecular weight is 266 g/mol. The van der Waals surface area contributed by atoms with Crippen molar-refractivity contribution in [3.8, 4) is 5.75 Å². The molecule has 0 saturated carbocycles. The van der Waals surface area contributed by atoms with Crippen LogP contribution < -0.4 is 33.7 Å². The van der Waals surface area contributed by atoms with Crippen molar-refractivity contribution >= 4 is 10.4 Å². The molecule has 90 valence electrons. The van der Waals surface area contributed by atoms with Gasteiger partial charge in [-0.3, -0.25) is 0 Å². The molecule has 6 heteroatoms. The summed E-state index contributed by atoms with van der Waals surface area (Å²) in [5.74, 6) is 0.163. The minimum atomic E-state index is -4.69. The van der Waals surface area contributed by atoms with Crippen LogP contribution in [-0.2, 0) is 23.2 Å². The summed E-state index contributed by atoms with van der Waals surface area (Å²) >= 11 is 0. The Bertz CT molecular complexity index is 457. The third-order valence-electron chi connectivity index (χ3n) is 2.30. The average Bonchev–Trinajstić information content (AvgIpc) is 2.18. The summed E-state index contributed by atoms with van der Waals surface area (Å²) in [6, 6.07) is 5.12. The Hall–Kier alpha value is -0.0700. The Morgan fingerprint density at radius 1 is 1.29 bits per heavy atom. The molecule has 0 fully saturated rings. The quantitative estimate of drug-likeness (QED) is 0.391. The number of hydrogen-bond acceptors (Lipinski definition) is 4. The molecule has 0 bridgehead atoms. The summed E-state index contributed by atoms with van der Waals surface area (Å²) in [7, 11) is -4.69. The molecule has 1 rings (SSSR count). The van der Waals surface area contributed by atoms with Gasteiger partial charge in [-0.25, -0.2) is 8.42 Å². The van der Waals surface area contributed by atoms with Crippen molar-refractivity contribution in [1.82, 2.24) is 0 Å². The van der Waals surface area contributed by atoms with Crippen LogP contribution in [0.2, 0.25) is 0 Å². The van der Waals surface area contributed by atoms with Crippen LogP contribution in [-0.4, -0.2) is 13.0 Å². The van der Waals surface area contributed by atoms with Crippen molar-refractivity contribution in [3.05, 3.63) is 29.3 Å². The SMILES string of the molecule is CCCc1c(CC)cccc1OS(=O)(=O)[O-].[Na+]. The van der Waals surface area contributed by atoms with Gasteiger partial charge < -0.3 is 8.74 Å². The van der Waals surface area contributed by atoms with E-state index in [1.807, 2.05) is 19.9 Å². The molecule has 0 aliphatic heterocycles. The maximum absolute atomic E-state index is 10.6.